The molecule has 6 N–H and O–H groups in total. The van der Waals surface area contributed by atoms with Gasteiger partial charge in [0.1, 0.15) is 17.4 Å². The Morgan fingerprint density at radius 3 is 2.52 bits per heavy atom. The zero-order valence-electron chi connectivity index (χ0n) is 18.0. The van der Waals surface area contributed by atoms with Crippen molar-refractivity contribution in [1.82, 2.24) is 0 Å². The first-order chi connectivity index (χ1) is 15.7. The smallest absolute Gasteiger partial charge is 0.315 e. The van der Waals surface area contributed by atoms with Crippen LogP contribution < -0.4 is 26.3 Å². The van der Waals surface area contributed by atoms with Crippen molar-refractivity contribution in [2.24, 2.45) is 0 Å². The van der Waals surface area contributed by atoms with Crippen molar-refractivity contribution in [2.45, 2.75) is 17.7 Å². The van der Waals surface area contributed by atoms with Crippen LogP contribution in [-0.4, -0.2) is 33.7 Å². The van der Waals surface area contributed by atoms with Gasteiger partial charge in [-0.1, -0.05) is 24.3 Å². The number of rotatable bonds is 9. The van der Waals surface area contributed by atoms with Gasteiger partial charge in [0.25, 0.3) is 0 Å². The average Bonchev–Trinajstić information content (AvgIpc) is 2.78. The molecule has 10 heteroatoms. The maximum atomic E-state index is 12.2. The number of methoxy groups -OCH3 is 1. The minimum atomic E-state index is -2.43. The van der Waals surface area contributed by atoms with Crippen molar-refractivity contribution < 1.29 is 28.1 Å². The zero-order chi connectivity index (χ0) is 24.1. The monoisotopic (exact) mass is 470 g/mol. The molecule has 0 spiro atoms. The summed E-state index contributed by atoms with van der Waals surface area (Å²) >= 11 is -2.43. The minimum absolute atomic E-state index is 0.0289. The second kappa shape index (κ2) is 10.2. The third-order valence-electron chi connectivity index (χ3n) is 5.11. The second-order valence-corrected chi connectivity index (χ2v) is 8.13. The molecule has 0 saturated heterocycles. The number of carboxylic acid groups (broad SMARTS) is 1. The molecular weight excluding hydrogens is 446 g/mol. The number of aliphatic carboxylic acids is 1. The number of carboxylic acids is 1. The Balaban J connectivity index is 1.87. The van der Waals surface area contributed by atoms with E-state index in [4.69, 9.17) is 20.9 Å². The van der Waals surface area contributed by atoms with Crippen LogP contribution in [-0.2, 0) is 15.9 Å². The van der Waals surface area contributed by atoms with Gasteiger partial charge in [0, 0.05) is 5.69 Å². The molecular formula is C23H24N3O6S-. The van der Waals surface area contributed by atoms with E-state index in [-0.39, 0.29) is 28.8 Å². The highest BCUT2D eigenvalue weighted by Gasteiger charge is 2.25. The fourth-order valence-corrected chi connectivity index (χ4v) is 3.87. The number of aryl methyl sites for hydroxylation is 1. The van der Waals surface area contributed by atoms with Crippen LogP contribution in [0.4, 0.5) is 17.1 Å². The molecule has 0 aliphatic carbocycles. The van der Waals surface area contributed by atoms with Crippen molar-refractivity contribution in [3.63, 3.8) is 0 Å². The molecule has 2 atom stereocenters. The van der Waals surface area contributed by atoms with Crippen LogP contribution >= 0.6 is 0 Å². The van der Waals surface area contributed by atoms with E-state index in [1.54, 1.807) is 42.5 Å². The lowest BCUT2D eigenvalue weighted by Crippen LogP contribution is -2.16. The zero-order valence-corrected chi connectivity index (χ0v) is 18.8. The van der Waals surface area contributed by atoms with Crippen LogP contribution in [0.1, 0.15) is 22.6 Å². The Morgan fingerprint density at radius 1 is 1.12 bits per heavy atom. The largest absolute Gasteiger partial charge is 0.768 e. The van der Waals surface area contributed by atoms with E-state index in [2.05, 4.69) is 5.32 Å². The number of ether oxygens (including phenoxy) is 2. The number of anilines is 3. The first kappa shape index (κ1) is 23.9. The Morgan fingerprint density at radius 2 is 1.85 bits per heavy atom. The summed E-state index contributed by atoms with van der Waals surface area (Å²) in [5, 5.41) is 13.0. The summed E-state index contributed by atoms with van der Waals surface area (Å²) in [6, 6.07) is 14.5. The Kier molecular flexibility index (Phi) is 7.41. The third kappa shape index (κ3) is 5.36. The second-order valence-electron chi connectivity index (χ2n) is 7.22. The van der Waals surface area contributed by atoms with Crippen LogP contribution in [0.5, 0.6) is 11.5 Å². The molecule has 0 aliphatic heterocycles. The minimum Gasteiger partial charge on any atom is -0.768 e. The van der Waals surface area contributed by atoms with Gasteiger partial charge in [-0.15, -0.1) is 0 Å². The van der Waals surface area contributed by atoms with E-state index in [1.165, 1.54) is 19.2 Å². The highest BCUT2D eigenvalue weighted by Crippen LogP contribution is 2.36. The molecule has 0 aliphatic rings. The number of nitrogens with two attached hydrogens (primary N) is 2. The lowest BCUT2D eigenvalue weighted by molar-refractivity contribution is -0.137. The molecule has 0 radical (unpaired) electrons. The molecule has 0 heterocycles. The molecule has 3 aromatic rings. The van der Waals surface area contributed by atoms with E-state index >= 15 is 0 Å². The fraction of sp³-hybridized carbons (Fsp3) is 0.174. The van der Waals surface area contributed by atoms with E-state index < -0.39 is 23.0 Å². The summed E-state index contributed by atoms with van der Waals surface area (Å²) < 4.78 is 33.5. The third-order valence-corrected chi connectivity index (χ3v) is 5.81. The van der Waals surface area contributed by atoms with Crippen LogP contribution in [0.25, 0.3) is 0 Å². The molecule has 9 nitrogen and oxygen atoms in total. The molecule has 3 aromatic carbocycles. The fourth-order valence-electron chi connectivity index (χ4n) is 3.39. The van der Waals surface area contributed by atoms with Gasteiger partial charge in [0.15, 0.2) is 6.73 Å². The summed E-state index contributed by atoms with van der Waals surface area (Å²) in [6.07, 6.45) is 0. The van der Waals surface area contributed by atoms with Crippen LogP contribution in [0.15, 0.2) is 59.5 Å². The van der Waals surface area contributed by atoms with Crippen molar-refractivity contribution in [3.05, 3.63) is 71.3 Å². The molecule has 0 saturated carbocycles. The van der Waals surface area contributed by atoms with Gasteiger partial charge in [-0.2, -0.15) is 0 Å². The average molecular weight is 471 g/mol. The lowest BCUT2D eigenvalue weighted by atomic mass is 9.89. The summed E-state index contributed by atoms with van der Waals surface area (Å²) in [7, 11) is 1.43. The molecule has 0 fully saturated rings. The molecule has 0 amide bonds. The summed E-state index contributed by atoms with van der Waals surface area (Å²) in [6.45, 7) is 1.83. The van der Waals surface area contributed by atoms with Crippen molar-refractivity contribution in [1.29, 1.82) is 0 Å². The topological polar surface area (TPSA) is 160 Å². The first-order valence-electron chi connectivity index (χ1n) is 9.84. The van der Waals surface area contributed by atoms with E-state index in [0.29, 0.717) is 22.6 Å². The van der Waals surface area contributed by atoms with Gasteiger partial charge in [-0.05, 0) is 65.0 Å². The number of hydrogen-bond acceptors (Lipinski definition) is 8. The van der Waals surface area contributed by atoms with Gasteiger partial charge in [0.2, 0.25) is 0 Å². The Hall–Kier alpha value is -3.76. The summed E-state index contributed by atoms with van der Waals surface area (Å²) in [4.78, 5) is 12.2. The van der Waals surface area contributed by atoms with Crippen molar-refractivity contribution in [2.75, 3.05) is 30.6 Å². The molecule has 174 valence electrons. The number of nitrogens with one attached hydrogen (secondary N) is 1. The van der Waals surface area contributed by atoms with Crippen molar-refractivity contribution >= 4 is 34.1 Å². The van der Waals surface area contributed by atoms with Crippen LogP contribution in [0.3, 0.4) is 0 Å². The predicted octanol–water partition coefficient (Wildman–Crippen LogP) is 3.07. The normalized spacial score (nSPS) is 12.6. The SMILES string of the molecule is COc1cc(C(C(=O)O)c2ccc(C)c(NCOc3ccccc3S(=O)[O-])c2)cc(N)c1N. The van der Waals surface area contributed by atoms with E-state index in [0.717, 1.165) is 5.56 Å². The molecule has 3 rings (SSSR count). The molecule has 33 heavy (non-hydrogen) atoms. The van der Waals surface area contributed by atoms with Gasteiger partial charge in [-0.3, -0.25) is 9.00 Å². The van der Waals surface area contributed by atoms with Gasteiger partial charge < -0.3 is 35.9 Å². The predicted molar refractivity (Wildman–Crippen MR) is 125 cm³/mol. The maximum absolute atomic E-state index is 12.2. The van der Waals surface area contributed by atoms with Crippen LogP contribution in [0.2, 0.25) is 0 Å². The summed E-state index contributed by atoms with van der Waals surface area (Å²) in [5.41, 5.74) is 14.7. The van der Waals surface area contributed by atoms with Gasteiger partial charge in [-0.25, -0.2) is 0 Å². The quantitative estimate of drug-likeness (QED) is 0.209. The van der Waals surface area contributed by atoms with Gasteiger partial charge in [0.05, 0.1) is 23.4 Å². The standard InChI is InChI=1S/C23H25N3O6S/c1-13-7-8-14(21(23(27)28)15-9-16(24)22(25)19(11-15)31-2)10-17(13)26-12-32-18-5-3-4-6-20(18)33(29)30/h3-11,21,26H,12,24-25H2,1-2H3,(H,27,28)(H,29,30)/p-1. The number of benzene rings is 3. The first-order valence-corrected chi connectivity index (χ1v) is 10.9. The lowest BCUT2D eigenvalue weighted by Gasteiger charge is -2.19. The van der Waals surface area contributed by atoms with E-state index in [1.807, 2.05) is 6.92 Å². The van der Waals surface area contributed by atoms with Crippen molar-refractivity contribution in [3.8, 4) is 11.5 Å². The molecule has 0 bridgehead atoms. The highest BCUT2D eigenvalue weighted by atomic mass is 32.2. The van der Waals surface area contributed by atoms with Gasteiger partial charge >= 0.3 is 5.97 Å². The number of para-hydroxylation sites is 1. The number of nitrogen functional groups attached to an aromatic ring is 2. The number of carbonyl (C=O) groups is 1. The maximum Gasteiger partial charge on any atom is 0.315 e. The van der Waals surface area contributed by atoms with E-state index in [9.17, 15) is 18.7 Å². The molecule has 2 unspecified atom stereocenters. The Labute approximate surface area is 193 Å². The molecule has 0 aromatic heterocycles. The Bertz CT molecular complexity index is 1200. The highest BCUT2D eigenvalue weighted by molar-refractivity contribution is 7.79. The number of hydrogen-bond donors (Lipinski definition) is 4. The van der Waals surface area contributed by atoms with Crippen LogP contribution in [0, 0.1) is 6.92 Å². The summed E-state index contributed by atoms with van der Waals surface area (Å²) in [5.74, 6) is -1.59.